The van der Waals surface area contributed by atoms with E-state index in [1.54, 1.807) is 0 Å². The normalized spacial score (nSPS) is 14.0. The zero-order valence-corrected chi connectivity index (χ0v) is 13.9. The molecule has 1 aliphatic rings. The van der Waals surface area contributed by atoms with Crippen LogP contribution in [0, 0.1) is 12.7 Å². The third-order valence-electron chi connectivity index (χ3n) is 3.99. The van der Waals surface area contributed by atoms with Crippen molar-refractivity contribution in [3.63, 3.8) is 0 Å². The van der Waals surface area contributed by atoms with E-state index in [-0.39, 0.29) is 5.82 Å². The minimum atomic E-state index is -0.352. The van der Waals surface area contributed by atoms with E-state index in [1.807, 2.05) is 30.2 Å². The van der Waals surface area contributed by atoms with Gasteiger partial charge in [-0.2, -0.15) is 4.98 Å². The second-order valence-electron chi connectivity index (χ2n) is 5.99. The van der Waals surface area contributed by atoms with Gasteiger partial charge < -0.3 is 15.5 Å². The number of halogens is 1. The van der Waals surface area contributed by atoms with Crippen molar-refractivity contribution in [2.45, 2.75) is 26.2 Å². The molecular weight excluding hydrogens is 307 g/mol. The van der Waals surface area contributed by atoms with Gasteiger partial charge in [0.05, 0.1) is 6.20 Å². The quantitative estimate of drug-likeness (QED) is 0.761. The molecule has 1 fully saturated rings. The average Bonchev–Trinajstić information content (AvgIpc) is 3.12. The fourth-order valence-corrected chi connectivity index (χ4v) is 2.67. The van der Waals surface area contributed by atoms with Gasteiger partial charge in [0, 0.05) is 32.4 Å². The Kier molecular flexibility index (Phi) is 5.40. The molecule has 2 aromatic heterocycles. The van der Waals surface area contributed by atoms with Crippen LogP contribution in [0.1, 0.15) is 24.8 Å². The van der Waals surface area contributed by atoms with Gasteiger partial charge in [-0.15, -0.1) is 0 Å². The molecule has 0 bridgehead atoms. The third-order valence-corrected chi connectivity index (χ3v) is 3.99. The maximum atomic E-state index is 13.9. The molecule has 0 radical (unpaired) electrons. The minimum absolute atomic E-state index is 0.352. The largest absolute Gasteiger partial charge is 0.370 e. The summed E-state index contributed by atoms with van der Waals surface area (Å²) in [6, 6.07) is 3.99. The van der Waals surface area contributed by atoms with Crippen molar-refractivity contribution in [2.75, 3.05) is 41.7 Å². The van der Waals surface area contributed by atoms with Crippen molar-refractivity contribution in [1.82, 2.24) is 15.0 Å². The zero-order chi connectivity index (χ0) is 16.8. The molecule has 0 spiro atoms. The highest BCUT2D eigenvalue weighted by Gasteiger charge is 2.18. The number of hydrogen-bond acceptors (Lipinski definition) is 6. The van der Waals surface area contributed by atoms with Crippen LogP contribution in [-0.2, 0) is 0 Å². The zero-order valence-electron chi connectivity index (χ0n) is 13.9. The molecule has 0 saturated carbocycles. The number of aromatic nitrogens is 3. The fraction of sp³-hybridized carbons (Fsp3) is 0.471. The lowest BCUT2D eigenvalue weighted by Crippen LogP contribution is -2.21. The van der Waals surface area contributed by atoms with Crippen LogP contribution in [0.5, 0.6) is 0 Å². The van der Waals surface area contributed by atoms with Crippen molar-refractivity contribution < 1.29 is 4.39 Å². The molecule has 3 rings (SSSR count). The van der Waals surface area contributed by atoms with Gasteiger partial charge in [0.25, 0.3) is 0 Å². The summed E-state index contributed by atoms with van der Waals surface area (Å²) in [4.78, 5) is 14.6. The molecule has 3 heterocycles. The van der Waals surface area contributed by atoms with Crippen LogP contribution in [-0.4, -0.2) is 41.1 Å². The van der Waals surface area contributed by atoms with E-state index in [0.717, 1.165) is 50.3 Å². The van der Waals surface area contributed by atoms with Crippen molar-refractivity contribution in [3.8, 4) is 0 Å². The summed E-state index contributed by atoms with van der Waals surface area (Å²) in [5.41, 5.74) is 1.14. The topological polar surface area (TPSA) is 66.0 Å². The molecule has 0 aromatic carbocycles. The van der Waals surface area contributed by atoms with Crippen molar-refractivity contribution >= 4 is 17.6 Å². The number of nitrogens with zero attached hydrogens (tertiary/aromatic N) is 4. The SMILES string of the molecule is Cc1ccc(NCCCNc2ncc(F)c(N3CCCC3)n2)nc1. The highest BCUT2D eigenvalue weighted by Crippen LogP contribution is 2.21. The Bertz CT molecular complexity index is 655. The molecule has 0 unspecified atom stereocenters. The summed E-state index contributed by atoms with van der Waals surface area (Å²) in [6.45, 7) is 5.24. The molecule has 128 valence electrons. The molecule has 0 amide bonds. The van der Waals surface area contributed by atoms with Gasteiger partial charge in [-0.25, -0.2) is 14.4 Å². The van der Waals surface area contributed by atoms with Gasteiger partial charge >= 0.3 is 0 Å². The van der Waals surface area contributed by atoms with Crippen LogP contribution < -0.4 is 15.5 Å². The number of aryl methyl sites for hydroxylation is 1. The first kappa shape index (κ1) is 16.4. The monoisotopic (exact) mass is 330 g/mol. The van der Waals surface area contributed by atoms with Crippen LogP contribution in [0.2, 0.25) is 0 Å². The van der Waals surface area contributed by atoms with Crippen LogP contribution in [0.15, 0.2) is 24.5 Å². The van der Waals surface area contributed by atoms with Crippen LogP contribution in [0.3, 0.4) is 0 Å². The lowest BCUT2D eigenvalue weighted by Gasteiger charge is -2.17. The summed E-state index contributed by atoms with van der Waals surface area (Å²) in [5, 5.41) is 6.42. The maximum Gasteiger partial charge on any atom is 0.224 e. The molecule has 24 heavy (non-hydrogen) atoms. The van der Waals surface area contributed by atoms with E-state index in [2.05, 4.69) is 25.6 Å². The van der Waals surface area contributed by atoms with E-state index in [9.17, 15) is 4.39 Å². The Morgan fingerprint density at radius 3 is 2.62 bits per heavy atom. The maximum absolute atomic E-state index is 13.9. The molecule has 1 saturated heterocycles. The summed E-state index contributed by atoms with van der Waals surface area (Å²) < 4.78 is 13.9. The lowest BCUT2D eigenvalue weighted by molar-refractivity contribution is 0.608. The first-order valence-corrected chi connectivity index (χ1v) is 8.40. The molecule has 0 atom stereocenters. The Labute approximate surface area is 141 Å². The second kappa shape index (κ2) is 7.90. The Morgan fingerprint density at radius 1 is 1.08 bits per heavy atom. The highest BCUT2D eigenvalue weighted by atomic mass is 19.1. The number of hydrogen-bond donors (Lipinski definition) is 2. The molecule has 2 N–H and O–H groups in total. The molecule has 0 aliphatic carbocycles. The first-order chi connectivity index (χ1) is 11.7. The van der Waals surface area contributed by atoms with Gasteiger partial charge in [0.2, 0.25) is 5.95 Å². The number of anilines is 3. The molecule has 7 heteroatoms. The summed E-state index contributed by atoms with van der Waals surface area (Å²) in [6.07, 6.45) is 6.15. The van der Waals surface area contributed by atoms with Crippen molar-refractivity contribution in [1.29, 1.82) is 0 Å². The summed E-state index contributed by atoms with van der Waals surface area (Å²) in [5.74, 6) is 1.41. The fourth-order valence-electron chi connectivity index (χ4n) is 2.67. The Hall–Kier alpha value is -2.44. The summed E-state index contributed by atoms with van der Waals surface area (Å²) in [7, 11) is 0. The number of rotatable bonds is 7. The Balaban J connectivity index is 1.44. The van der Waals surface area contributed by atoms with Crippen LogP contribution in [0.25, 0.3) is 0 Å². The van der Waals surface area contributed by atoms with E-state index < -0.39 is 0 Å². The summed E-state index contributed by atoms with van der Waals surface area (Å²) >= 11 is 0. The van der Waals surface area contributed by atoms with Crippen molar-refractivity contribution in [2.24, 2.45) is 0 Å². The molecular formula is C17H23FN6. The van der Waals surface area contributed by atoms with Gasteiger partial charge in [0.1, 0.15) is 5.82 Å². The number of nitrogens with one attached hydrogen (secondary N) is 2. The molecule has 2 aromatic rings. The smallest absolute Gasteiger partial charge is 0.224 e. The van der Waals surface area contributed by atoms with Gasteiger partial charge in [-0.1, -0.05) is 6.07 Å². The second-order valence-corrected chi connectivity index (χ2v) is 5.99. The first-order valence-electron chi connectivity index (χ1n) is 8.40. The molecule has 1 aliphatic heterocycles. The average molecular weight is 330 g/mol. The molecule has 6 nitrogen and oxygen atoms in total. The third kappa shape index (κ3) is 4.31. The predicted molar refractivity (Wildman–Crippen MR) is 94.0 cm³/mol. The van der Waals surface area contributed by atoms with E-state index in [4.69, 9.17) is 0 Å². The van der Waals surface area contributed by atoms with Gasteiger partial charge in [-0.05, 0) is 37.8 Å². The predicted octanol–water partition coefficient (Wildman–Crippen LogP) is 2.83. The lowest BCUT2D eigenvalue weighted by atomic mass is 10.3. The van der Waals surface area contributed by atoms with E-state index in [1.165, 1.54) is 6.20 Å². The highest BCUT2D eigenvalue weighted by molar-refractivity contribution is 5.44. The van der Waals surface area contributed by atoms with Gasteiger partial charge in [0.15, 0.2) is 11.6 Å². The minimum Gasteiger partial charge on any atom is -0.370 e. The van der Waals surface area contributed by atoms with Crippen LogP contribution >= 0.6 is 0 Å². The van der Waals surface area contributed by atoms with Crippen LogP contribution in [0.4, 0.5) is 22.0 Å². The van der Waals surface area contributed by atoms with E-state index >= 15 is 0 Å². The standard InChI is InChI=1S/C17H23FN6/c1-13-5-6-15(21-11-13)19-7-4-8-20-17-22-12-14(18)16(23-17)24-9-2-3-10-24/h5-6,11-12H,2-4,7-10H2,1H3,(H,19,21)(H,20,22,23). The Morgan fingerprint density at radius 2 is 1.88 bits per heavy atom. The van der Waals surface area contributed by atoms with Crippen molar-refractivity contribution in [3.05, 3.63) is 35.9 Å². The number of pyridine rings is 1. The van der Waals surface area contributed by atoms with Gasteiger partial charge in [-0.3, -0.25) is 0 Å². The van der Waals surface area contributed by atoms with E-state index in [0.29, 0.717) is 18.3 Å².